The Kier molecular flexibility index (Phi) is 4.12. The van der Waals surface area contributed by atoms with Gasteiger partial charge in [0, 0.05) is 10.2 Å². The van der Waals surface area contributed by atoms with Crippen molar-refractivity contribution >= 4 is 37.5 Å². The van der Waals surface area contributed by atoms with Crippen molar-refractivity contribution in [3.05, 3.63) is 22.2 Å². The van der Waals surface area contributed by atoms with Crippen molar-refractivity contribution in [2.75, 3.05) is 12.3 Å². The molecule has 1 aromatic carbocycles. The van der Waals surface area contributed by atoms with Gasteiger partial charge in [-0.05, 0) is 40.5 Å². The second-order valence-electron chi connectivity index (χ2n) is 3.43. The van der Waals surface area contributed by atoms with Gasteiger partial charge in [0.15, 0.2) is 0 Å². The molecule has 6 nitrogen and oxygen atoms in total. The number of benzene rings is 1. The summed E-state index contributed by atoms with van der Waals surface area (Å²) in [6, 6.07) is 2.91. The number of hydrogen-bond donors (Lipinski definition) is 3. The Bertz CT molecular complexity index is 557. The second kappa shape index (κ2) is 5.03. The lowest BCUT2D eigenvalue weighted by Crippen LogP contribution is -2.33. The number of halogens is 1. The monoisotopic (exact) mass is 321 g/mol. The molecule has 0 fully saturated rings. The zero-order valence-corrected chi connectivity index (χ0v) is 11.4. The Morgan fingerprint density at radius 2 is 2.06 bits per heavy atom. The first-order valence-corrected chi connectivity index (χ1v) is 6.85. The molecule has 0 aliphatic heterocycles. The van der Waals surface area contributed by atoms with Crippen LogP contribution < -0.4 is 16.2 Å². The number of nitrogens with one attached hydrogen (secondary N) is 1. The minimum Gasteiger partial charge on any atom is -0.398 e. The highest BCUT2D eigenvalue weighted by Gasteiger charge is 2.18. The van der Waals surface area contributed by atoms with Crippen LogP contribution in [0.25, 0.3) is 0 Å². The molecule has 17 heavy (non-hydrogen) atoms. The van der Waals surface area contributed by atoms with E-state index in [4.69, 9.17) is 11.5 Å². The summed E-state index contributed by atoms with van der Waals surface area (Å²) in [4.78, 5) is 10.6. The molecular weight excluding hydrogens is 310 g/mol. The maximum Gasteiger partial charge on any atom is 0.241 e. The van der Waals surface area contributed by atoms with Gasteiger partial charge in [0.1, 0.15) is 0 Å². The number of carbonyl (C=O) groups is 1. The van der Waals surface area contributed by atoms with Crippen molar-refractivity contribution in [3.8, 4) is 0 Å². The van der Waals surface area contributed by atoms with Gasteiger partial charge in [-0.1, -0.05) is 0 Å². The van der Waals surface area contributed by atoms with Crippen molar-refractivity contribution in [2.24, 2.45) is 5.73 Å². The summed E-state index contributed by atoms with van der Waals surface area (Å²) in [6.45, 7) is 1.18. The van der Waals surface area contributed by atoms with Gasteiger partial charge in [0.05, 0.1) is 11.4 Å². The molecule has 0 unspecified atom stereocenters. The number of nitrogen functional groups attached to an aromatic ring is 1. The summed E-state index contributed by atoms with van der Waals surface area (Å²) in [5.74, 6) is -0.753. The first-order valence-electron chi connectivity index (χ1n) is 4.57. The fourth-order valence-electron chi connectivity index (χ4n) is 1.20. The van der Waals surface area contributed by atoms with E-state index >= 15 is 0 Å². The van der Waals surface area contributed by atoms with Gasteiger partial charge < -0.3 is 11.5 Å². The lowest BCUT2D eigenvalue weighted by atomic mass is 10.2. The molecule has 8 heteroatoms. The molecule has 1 amide bonds. The van der Waals surface area contributed by atoms with Crippen molar-refractivity contribution in [3.63, 3.8) is 0 Å². The third-order valence-corrected chi connectivity index (χ3v) is 4.25. The average molecular weight is 322 g/mol. The zero-order valence-electron chi connectivity index (χ0n) is 9.03. The number of nitrogens with two attached hydrogens (primary N) is 2. The number of carbonyl (C=O) groups excluding carboxylic acids is 1. The number of rotatable bonds is 4. The first-order chi connectivity index (χ1) is 7.74. The number of primary amides is 1. The number of amides is 1. The standard InChI is InChI=1S/C9H12BrN3O3S/c1-5-2-6(10)7(11)3-8(5)17(15,16)13-4-9(12)14/h2-3,13H,4,11H2,1H3,(H2,12,14). The van der Waals surface area contributed by atoms with Crippen LogP contribution >= 0.6 is 15.9 Å². The van der Waals surface area contributed by atoms with Gasteiger partial charge in [-0.3, -0.25) is 4.79 Å². The number of aryl methyl sites for hydroxylation is 1. The van der Waals surface area contributed by atoms with E-state index in [1.54, 1.807) is 13.0 Å². The van der Waals surface area contributed by atoms with E-state index < -0.39 is 22.5 Å². The Morgan fingerprint density at radius 3 is 2.59 bits per heavy atom. The Labute approximate surface area is 108 Å². The van der Waals surface area contributed by atoms with Gasteiger partial charge in [-0.25, -0.2) is 13.1 Å². The topological polar surface area (TPSA) is 115 Å². The zero-order chi connectivity index (χ0) is 13.2. The van der Waals surface area contributed by atoms with Crippen LogP contribution in [0, 0.1) is 6.92 Å². The van der Waals surface area contributed by atoms with E-state index in [0.29, 0.717) is 15.7 Å². The molecule has 0 heterocycles. The van der Waals surface area contributed by atoms with E-state index in [0.717, 1.165) is 0 Å². The van der Waals surface area contributed by atoms with Crippen LogP contribution in [0.3, 0.4) is 0 Å². The summed E-state index contributed by atoms with van der Waals surface area (Å²) in [5, 5.41) is 0. The molecule has 94 valence electrons. The van der Waals surface area contributed by atoms with Crippen LogP contribution in [0.2, 0.25) is 0 Å². The Balaban J connectivity index is 3.15. The molecule has 0 bridgehead atoms. The second-order valence-corrected chi connectivity index (χ2v) is 6.02. The lowest BCUT2D eigenvalue weighted by molar-refractivity contribution is -0.116. The predicted molar refractivity (Wildman–Crippen MR) is 67.7 cm³/mol. The molecule has 0 spiro atoms. The molecule has 0 aromatic heterocycles. The quantitative estimate of drug-likeness (QED) is 0.682. The van der Waals surface area contributed by atoms with Crippen LogP contribution in [0.4, 0.5) is 5.69 Å². The number of anilines is 1. The van der Waals surface area contributed by atoms with E-state index in [1.165, 1.54) is 6.07 Å². The fraction of sp³-hybridized carbons (Fsp3) is 0.222. The van der Waals surface area contributed by atoms with Gasteiger partial charge in [0.2, 0.25) is 15.9 Å². The molecule has 0 radical (unpaired) electrons. The van der Waals surface area contributed by atoms with E-state index in [-0.39, 0.29) is 4.90 Å². The molecular formula is C9H12BrN3O3S. The normalized spacial score (nSPS) is 11.4. The minimum atomic E-state index is -3.78. The molecule has 0 saturated carbocycles. The average Bonchev–Trinajstić information content (AvgIpc) is 2.20. The van der Waals surface area contributed by atoms with Crippen molar-refractivity contribution in [1.29, 1.82) is 0 Å². The van der Waals surface area contributed by atoms with Crippen molar-refractivity contribution in [2.45, 2.75) is 11.8 Å². The molecule has 0 saturated heterocycles. The maximum absolute atomic E-state index is 11.8. The smallest absolute Gasteiger partial charge is 0.241 e. The van der Waals surface area contributed by atoms with Crippen molar-refractivity contribution < 1.29 is 13.2 Å². The lowest BCUT2D eigenvalue weighted by Gasteiger charge is -2.10. The highest BCUT2D eigenvalue weighted by Crippen LogP contribution is 2.26. The number of hydrogen-bond acceptors (Lipinski definition) is 4. The summed E-state index contributed by atoms with van der Waals surface area (Å²) in [6.07, 6.45) is 0. The Hall–Kier alpha value is -1.12. The minimum absolute atomic E-state index is 0.0273. The van der Waals surface area contributed by atoms with Crippen LogP contribution in [0.15, 0.2) is 21.5 Å². The molecule has 0 atom stereocenters. The van der Waals surface area contributed by atoms with Gasteiger partial charge in [-0.15, -0.1) is 0 Å². The Morgan fingerprint density at radius 1 is 1.47 bits per heavy atom. The number of sulfonamides is 1. The molecule has 0 aliphatic rings. The summed E-state index contributed by atoms with van der Waals surface area (Å²) >= 11 is 3.19. The van der Waals surface area contributed by atoms with Gasteiger partial charge in [-0.2, -0.15) is 0 Å². The fourth-order valence-corrected chi connectivity index (χ4v) is 2.91. The third-order valence-electron chi connectivity index (χ3n) is 2.02. The summed E-state index contributed by atoms with van der Waals surface area (Å²) in [5.41, 5.74) is 11.3. The third kappa shape index (κ3) is 3.42. The van der Waals surface area contributed by atoms with Crippen LogP contribution in [0.5, 0.6) is 0 Å². The maximum atomic E-state index is 11.8. The van der Waals surface area contributed by atoms with E-state index in [1.807, 2.05) is 0 Å². The molecule has 1 aromatic rings. The predicted octanol–water partition coefficient (Wildman–Crippen LogP) is 0.103. The van der Waals surface area contributed by atoms with E-state index in [2.05, 4.69) is 20.7 Å². The SMILES string of the molecule is Cc1cc(Br)c(N)cc1S(=O)(=O)NCC(N)=O. The highest BCUT2D eigenvalue weighted by molar-refractivity contribution is 9.10. The van der Waals surface area contributed by atoms with Crippen molar-refractivity contribution in [1.82, 2.24) is 4.72 Å². The van der Waals surface area contributed by atoms with E-state index in [9.17, 15) is 13.2 Å². The molecule has 1 rings (SSSR count). The van der Waals surface area contributed by atoms with Crippen LogP contribution in [0.1, 0.15) is 5.56 Å². The first kappa shape index (κ1) is 13.9. The van der Waals surface area contributed by atoms with Gasteiger partial charge in [0.25, 0.3) is 0 Å². The largest absolute Gasteiger partial charge is 0.398 e. The molecule has 0 aliphatic carbocycles. The van der Waals surface area contributed by atoms with Crippen LogP contribution in [-0.2, 0) is 14.8 Å². The summed E-state index contributed by atoms with van der Waals surface area (Å²) < 4.78 is 26.4. The van der Waals surface area contributed by atoms with Crippen LogP contribution in [-0.4, -0.2) is 20.9 Å². The summed E-state index contributed by atoms with van der Waals surface area (Å²) in [7, 11) is -3.78. The van der Waals surface area contributed by atoms with Gasteiger partial charge >= 0.3 is 0 Å². The highest BCUT2D eigenvalue weighted by atomic mass is 79.9. The molecule has 5 N–H and O–H groups in total.